The van der Waals surface area contributed by atoms with Crippen LogP contribution in [0.5, 0.6) is 5.75 Å². The fraction of sp³-hybridized carbons (Fsp3) is 0.259. The maximum absolute atomic E-state index is 5.86. The maximum atomic E-state index is 5.86. The summed E-state index contributed by atoms with van der Waals surface area (Å²) in [6.45, 7) is 5.21. The molecule has 0 atom stereocenters. The van der Waals surface area contributed by atoms with Crippen molar-refractivity contribution >= 4 is 11.1 Å². The Balaban J connectivity index is 2.07. The Bertz CT molecular complexity index is 861. The van der Waals surface area contributed by atoms with Crippen LogP contribution < -0.4 is 4.74 Å². The van der Waals surface area contributed by atoms with E-state index < -0.39 is 0 Å². The van der Waals surface area contributed by atoms with E-state index in [1.807, 2.05) is 0 Å². The van der Waals surface area contributed by atoms with E-state index in [0.29, 0.717) is 0 Å². The molecule has 0 spiro atoms. The summed E-state index contributed by atoms with van der Waals surface area (Å²) in [5.74, 6) is 0.946. The Morgan fingerprint density at radius 3 is 1.79 bits per heavy atom. The number of hydrogen-bond donors (Lipinski definition) is 0. The predicted molar refractivity (Wildman–Crippen MR) is 121 cm³/mol. The van der Waals surface area contributed by atoms with E-state index in [-0.39, 0.29) is 0 Å². The Morgan fingerprint density at radius 2 is 1.21 bits per heavy atom. The second kappa shape index (κ2) is 10.5. The Hall–Kier alpha value is -2.80. The van der Waals surface area contributed by atoms with Gasteiger partial charge in [0, 0.05) is 0 Å². The molecule has 0 saturated carbocycles. The van der Waals surface area contributed by atoms with Gasteiger partial charge in [-0.05, 0) is 52.8 Å². The molecule has 0 aliphatic carbocycles. The molecule has 0 fully saturated rings. The molecule has 144 valence electrons. The normalized spacial score (nSPS) is 11.8. The van der Waals surface area contributed by atoms with Gasteiger partial charge in [-0.15, -0.1) is 0 Å². The standard InChI is InChI=1S/C27H30O/c1-3-5-21-28-25-19-17-24(18-20-25)27(23-15-10-7-11-16-23)26(12-4-2)22-13-8-6-9-14-22/h6-11,13-20H,3-5,12,21H2,1-2H3/b27-26-. The molecule has 3 rings (SSSR count). The molecule has 0 bridgehead atoms. The van der Waals surface area contributed by atoms with Crippen molar-refractivity contribution in [1.29, 1.82) is 0 Å². The molecule has 0 amide bonds. The lowest BCUT2D eigenvalue weighted by Crippen LogP contribution is -1.98. The molecule has 1 nitrogen and oxygen atoms in total. The quantitative estimate of drug-likeness (QED) is 0.278. The molecular formula is C27H30O. The molecular weight excluding hydrogens is 340 g/mol. The van der Waals surface area contributed by atoms with Gasteiger partial charge in [-0.25, -0.2) is 0 Å². The highest BCUT2D eigenvalue weighted by Crippen LogP contribution is 2.35. The van der Waals surface area contributed by atoms with E-state index in [2.05, 4.69) is 98.8 Å². The van der Waals surface area contributed by atoms with Gasteiger partial charge in [0.25, 0.3) is 0 Å². The molecule has 0 aliphatic heterocycles. The first-order valence-corrected chi connectivity index (χ1v) is 10.4. The van der Waals surface area contributed by atoms with E-state index >= 15 is 0 Å². The highest BCUT2D eigenvalue weighted by molar-refractivity contribution is 5.98. The monoisotopic (exact) mass is 370 g/mol. The summed E-state index contributed by atoms with van der Waals surface area (Å²) in [6, 6.07) is 30.1. The van der Waals surface area contributed by atoms with Crippen LogP contribution in [0, 0.1) is 0 Å². The van der Waals surface area contributed by atoms with E-state index in [1.54, 1.807) is 0 Å². The van der Waals surface area contributed by atoms with Crippen LogP contribution in [0.4, 0.5) is 0 Å². The molecule has 0 N–H and O–H groups in total. The lowest BCUT2D eigenvalue weighted by atomic mass is 9.87. The molecule has 0 aliphatic rings. The second-order valence-corrected chi connectivity index (χ2v) is 7.06. The Labute approximate surface area is 169 Å². The molecule has 3 aromatic rings. The largest absolute Gasteiger partial charge is 0.494 e. The average molecular weight is 371 g/mol. The van der Waals surface area contributed by atoms with Crippen molar-refractivity contribution in [2.75, 3.05) is 6.61 Å². The number of rotatable bonds is 9. The lowest BCUT2D eigenvalue weighted by Gasteiger charge is -2.17. The summed E-state index contributed by atoms with van der Waals surface area (Å²) < 4.78 is 5.86. The fourth-order valence-electron chi connectivity index (χ4n) is 3.48. The molecule has 1 heteroatoms. The molecule has 0 aromatic heterocycles. The van der Waals surface area contributed by atoms with Crippen molar-refractivity contribution in [1.82, 2.24) is 0 Å². The molecule has 3 aromatic carbocycles. The van der Waals surface area contributed by atoms with Gasteiger partial charge in [-0.1, -0.05) is 99.5 Å². The third kappa shape index (κ3) is 5.13. The zero-order valence-electron chi connectivity index (χ0n) is 17.0. The number of ether oxygens (including phenoxy) is 1. The summed E-state index contributed by atoms with van der Waals surface area (Å²) in [4.78, 5) is 0. The molecule has 28 heavy (non-hydrogen) atoms. The number of benzene rings is 3. The van der Waals surface area contributed by atoms with Gasteiger partial charge in [0.2, 0.25) is 0 Å². The van der Waals surface area contributed by atoms with Crippen molar-refractivity contribution in [3.05, 3.63) is 102 Å². The van der Waals surface area contributed by atoms with Gasteiger partial charge < -0.3 is 4.74 Å². The van der Waals surface area contributed by atoms with Crippen LogP contribution in [-0.2, 0) is 0 Å². The first kappa shape index (κ1) is 19.9. The zero-order chi connectivity index (χ0) is 19.6. The number of hydrogen-bond acceptors (Lipinski definition) is 1. The minimum atomic E-state index is 0.780. The van der Waals surface area contributed by atoms with Gasteiger partial charge in [-0.3, -0.25) is 0 Å². The van der Waals surface area contributed by atoms with Crippen LogP contribution in [0.25, 0.3) is 11.1 Å². The van der Waals surface area contributed by atoms with Crippen molar-refractivity contribution in [2.24, 2.45) is 0 Å². The van der Waals surface area contributed by atoms with E-state index in [1.165, 1.54) is 27.8 Å². The molecule has 0 unspecified atom stereocenters. The van der Waals surface area contributed by atoms with Gasteiger partial charge in [0.15, 0.2) is 0 Å². The Morgan fingerprint density at radius 1 is 0.643 bits per heavy atom. The SMILES string of the molecule is CCCCOc1ccc(/C(=C(/CCC)c2ccccc2)c2ccccc2)cc1. The first-order valence-electron chi connectivity index (χ1n) is 10.4. The smallest absolute Gasteiger partial charge is 0.119 e. The van der Waals surface area contributed by atoms with E-state index in [4.69, 9.17) is 4.74 Å². The number of allylic oxidation sites excluding steroid dienone is 1. The third-order valence-electron chi connectivity index (χ3n) is 4.90. The summed E-state index contributed by atoms with van der Waals surface area (Å²) >= 11 is 0. The topological polar surface area (TPSA) is 9.23 Å². The van der Waals surface area contributed by atoms with Crippen molar-refractivity contribution < 1.29 is 4.74 Å². The third-order valence-corrected chi connectivity index (χ3v) is 4.90. The zero-order valence-corrected chi connectivity index (χ0v) is 17.0. The van der Waals surface area contributed by atoms with Crippen LogP contribution in [0.3, 0.4) is 0 Å². The lowest BCUT2D eigenvalue weighted by molar-refractivity contribution is 0.309. The second-order valence-electron chi connectivity index (χ2n) is 7.06. The van der Waals surface area contributed by atoms with Crippen LogP contribution >= 0.6 is 0 Å². The summed E-state index contributed by atoms with van der Waals surface area (Å²) in [5.41, 5.74) is 6.50. The summed E-state index contributed by atoms with van der Waals surface area (Å²) in [7, 11) is 0. The minimum absolute atomic E-state index is 0.780. The number of unbranched alkanes of at least 4 members (excludes halogenated alkanes) is 1. The van der Waals surface area contributed by atoms with Gasteiger partial charge in [0.1, 0.15) is 5.75 Å². The molecule has 0 radical (unpaired) electrons. The van der Waals surface area contributed by atoms with E-state index in [0.717, 1.165) is 38.0 Å². The predicted octanol–water partition coefficient (Wildman–Crippen LogP) is 7.62. The highest BCUT2D eigenvalue weighted by atomic mass is 16.5. The van der Waals surface area contributed by atoms with Gasteiger partial charge >= 0.3 is 0 Å². The van der Waals surface area contributed by atoms with Crippen LogP contribution in [0.1, 0.15) is 56.2 Å². The van der Waals surface area contributed by atoms with Crippen LogP contribution in [0.15, 0.2) is 84.9 Å². The highest BCUT2D eigenvalue weighted by Gasteiger charge is 2.13. The maximum Gasteiger partial charge on any atom is 0.119 e. The van der Waals surface area contributed by atoms with Crippen molar-refractivity contribution in [2.45, 2.75) is 39.5 Å². The molecule has 0 heterocycles. The average Bonchev–Trinajstić information content (AvgIpc) is 2.76. The van der Waals surface area contributed by atoms with Gasteiger partial charge in [-0.2, -0.15) is 0 Å². The molecule has 0 saturated heterocycles. The minimum Gasteiger partial charge on any atom is -0.494 e. The van der Waals surface area contributed by atoms with Crippen molar-refractivity contribution in [3.63, 3.8) is 0 Å². The fourth-order valence-corrected chi connectivity index (χ4v) is 3.48. The van der Waals surface area contributed by atoms with E-state index in [9.17, 15) is 0 Å². The van der Waals surface area contributed by atoms with Crippen LogP contribution in [-0.4, -0.2) is 6.61 Å². The summed E-state index contributed by atoms with van der Waals surface area (Å²) in [5, 5.41) is 0. The summed E-state index contributed by atoms with van der Waals surface area (Å²) in [6.07, 6.45) is 4.39. The van der Waals surface area contributed by atoms with Gasteiger partial charge in [0.05, 0.1) is 6.61 Å². The first-order chi connectivity index (χ1) is 13.8. The van der Waals surface area contributed by atoms with Crippen LogP contribution in [0.2, 0.25) is 0 Å². The van der Waals surface area contributed by atoms with Crippen molar-refractivity contribution in [3.8, 4) is 5.75 Å². The Kier molecular flexibility index (Phi) is 7.49.